The third-order valence-corrected chi connectivity index (χ3v) is 5.88. The van der Waals surface area contributed by atoms with Crippen LogP contribution < -0.4 is 0 Å². The van der Waals surface area contributed by atoms with Gasteiger partial charge in [-0.1, -0.05) is 31.2 Å². The standard InChI is InChI=1S/C14H16N2O4S/c1-2-11(9-15)21(19,20)16-8-7-10-5-3-4-6-12(10)13(16)14(17)18/h3-6,11,13H,2,7-8H2,1H3,(H,17,18). The summed E-state index contributed by atoms with van der Waals surface area (Å²) in [7, 11) is -3.97. The number of sulfonamides is 1. The van der Waals surface area contributed by atoms with Gasteiger partial charge in [0.2, 0.25) is 10.0 Å². The second-order valence-corrected chi connectivity index (χ2v) is 6.94. The molecule has 1 heterocycles. The van der Waals surface area contributed by atoms with E-state index in [0.717, 1.165) is 9.87 Å². The fraction of sp³-hybridized carbons (Fsp3) is 0.429. The third kappa shape index (κ3) is 2.64. The van der Waals surface area contributed by atoms with E-state index in [9.17, 15) is 18.3 Å². The van der Waals surface area contributed by atoms with Gasteiger partial charge in [0.25, 0.3) is 0 Å². The molecule has 2 atom stereocenters. The molecule has 1 aromatic rings. The molecule has 0 aromatic heterocycles. The molecular formula is C14H16N2O4S. The van der Waals surface area contributed by atoms with Crippen LogP contribution in [0.1, 0.15) is 30.5 Å². The van der Waals surface area contributed by atoms with Gasteiger partial charge in [0, 0.05) is 6.54 Å². The summed E-state index contributed by atoms with van der Waals surface area (Å²) in [5.74, 6) is -1.22. The molecule has 0 fully saturated rings. The Morgan fingerprint density at radius 1 is 1.52 bits per heavy atom. The van der Waals surface area contributed by atoms with Gasteiger partial charge < -0.3 is 5.11 Å². The molecule has 0 saturated heterocycles. The van der Waals surface area contributed by atoms with E-state index in [0.29, 0.717) is 12.0 Å². The molecule has 6 nitrogen and oxygen atoms in total. The van der Waals surface area contributed by atoms with E-state index < -0.39 is 27.3 Å². The molecule has 0 spiro atoms. The molecule has 1 aromatic carbocycles. The molecule has 1 aliphatic heterocycles. The molecule has 0 amide bonds. The Labute approximate surface area is 123 Å². The van der Waals surface area contributed by atoms with Crippen molar-refractivity contribution in [2.75, 3.05) is 6.54 Å². The highest BCUT2D eigenvalue weighted by Crippen LogP contribution is 2.33. The molecule has 7 heteroatoms. The summed E-state index contributed by atoms with van der Waals surface area (Å²) in [5.41, 5.74) is 1.31. The van der Waals surface area contributed by atoms with Crippen LogP contribution in [0.3, 0.4) is 0 Å². The van der Waals surface area contributed by atoms with Crippen molar-refractivity contribution >= 4 is 16.0 Å². The predicted molar refractivity (Wildman–Crippen MR) is 75.8 cm³/mol. The summed E-state index contributed by atoms with van der Waals surface area (Å²) in [6.07, 6.45) is 0.574. The van der Waals surface area contributed by atoms with E-state index in [1.54, 1.807) is 37.3 Å². The van der Waals surface area contributed by atoms with Crippen molar-refractivity contribution < 1.29 is 18.3 Å². The lowest BCUT2D eigenvalue weighted by Crippen LogP contribution is -2.46. The lowest BCUT2D eigenvalue weighted by Gasteiger charge is -2.34. The van der Waals surface area contributed by atoms with Gasteiger partial charge in [-0.2, -0.15) is 9.57 Å². The van der Waals surface area contributed by atoms with Crippen LogP contribution >= 0.6 is 0 Å². The van der Waals surface area contributed by atoms with Crippen molar-refractivity contribution in [3.05, 3.63) is 35.4 Å². The van der Waals surface area contributed by atoms with E-state index in [2.05, 4.69) is 0 Å². The minimum Gasteiger partial charge on any atom is -0.480 e. The lowest BCUT2D eigenvalue weighted by molar-refractivity contribution is -0.142. The SMILES string of the molecule is CCC(C#N)S(=O)(=O)N1CCc2ccccc2C1C(=O)O. The molecule has 0 aliphatic carbocycles. The fourth-order valence-electron chi connectivity index (χ4n) is 2.61. The molecule has 2 unspecified atom stereocenters. The zero-order valence-corrected chi connectivity index (χ0v) is 12.4. The van der Waals surface area contributed by atoms with Gasteiger partial charge in [0.1, 0.15) is 6.04 Å². The molecule has 2 rings (SSSR count). The molecule has 112 valence electrons. The Hall–Kier alpha value is -1.91. The highest BCUT2D eigenvalue weighted by atomic mass is 32.2. The van der Waals surface area contributed by atoms with E-state index >= 15 is 0 Å². The van der Waals surface area contributed by atoms with Gasteiger partial charge in [0.05, 0.1) is 6.07 Å². The first-order valence-electron chi connectivity index (χ1n) is 6.64. The summed E-state index contributed by atoms with van der Waals surface area (Å²) in [5, 5.41) is 17.2. The van der Waals surface area contributed by atoms with Crippen LogP contribution in [0.5, 0.6) is 0 Å². The molecule has 21 heavy (non-hydrogen) atoms. The van der Waals surface area contributed by atoms with Crippen LogP contribution in [0.4, 0.5) is 0 Å². The summed E-state index contributed by atoms with van der Waals surface area (Å²) in [4.78, 5) is 11.6. The van der Waals surface area contributed by atoms with Crippen molar-refractivity contribution in [3.63, 3.8) is 0 Å². The van der Waals surface area contributed by atoms with Crippen molar-refractivity contribution in [2.24, 2.45) is 0 Å². The van der Waals surface area contributed by atoms with Crippen LogP contribution in [-0.2, 0) is 21.2 Å². The van der Waals surface area contributed by atoms with Gasteiger partial charge in [-0.25, -0.2) is 8.42 Å². The van der Waals surface area contributed by atoms with E-state index in [4.69, 9.17) is 5.26 Å². The number of hydrogen-bond acceptors (Lipinski definition) is 4. The minimum atomic E-state index is -3.97. The number of benzene rings is 1. The summed E-state index contributed by atoms with van der Waals surface area (Å²) < 4.78 is 26.0. The minimum absolute atomic E-state index is 0.0779. The average molecular weight is 308 g/mol. The number of carboxylic acids is 1. The Morgan fingerprint density at radius 2 is 2.19 bits per heavy atom. The number of hydrogen-bond donors (Lipinski definition) is 1. The Bertz CT molecular complexity index is 693. The zero-order valence-electron chi connectivity index (χ0n) is 11.6. The first-order chi connectivity index (χ1) is 9.93. The van der Waals surface area contributed by atoms with Crippen LogP contribution in [-0.4, -0.2) is 35.6 Å². The summed E-state index contributed by atoms with van der Waals surface area (Å²) >= 11 is 0. The van der Waals surface area contributed by atoms with E-state index in [-0.39, 0.29) is 13.0 Å². The van der Waals surface area contributed by atoms with Crippen LogP contribution in [0, 0.1) is 11.3 Å². The number of nitriles is 1. The Balaban J connectivity index is 2.52. The van der Waals surface area contributed by atoms with E-state index in [1.165, 1.54) is 0 Å². The number of aliphatic carboxylic acids is 1. The van der Waals surface area contributed by atoms with Gasteiger partial charge in [-0.15, -0.1) is 0 Å². The first kappa shape index (κ1) is 15.5. The Morgan fingerprint density at radius 3 is 2.76 bits per heavy atom. The second-order valence-electron chi connectivity index (χ2n) is 4.87. The number of carboxylic acid groups (broad SMARTS) is 1. The van der Waals surface area contributed by atoms with Crippen LogP contribution in [0.15, 0.2) is 24.3 Å². The van der Waals surface area contributed by atoms with Gasteiger partial charge >= 0.3 is 5.97 Å². The molecule has 0 bridgehead atoms. The highest BCUT2D eigenvalue weighted by Gasteiger charge is 2.42. The smallest absolute Gasteiger partial charge is 0.326 e. The zero-order chi connectivity index (χ0) is 15.6. The molecular weight excluding hydrogens is 292 g/mol. The van der Waals surface area contributed by atoms with Crippen LogP contribution in [0.25, 0.3) is 0 Å². The monoisotopic (exact) mass is 308 g/mol. The molecule has 1 N–H and O–H groups in total. The maximum absolute atomic E-state index is 12.5. The van der Waals surface area contributed by atoms with Crippen molar-refractivity contribution in [1.82, 2.24) is 4.31 Å². The first-order valence-corrected chi connectivity index (χ1v) is 8.14. The maximum atomic E-state index is 12.5. The topological polar surface area (TPSA) is 98.5 Å². The van der Waals surface area contributed by atoms with Crippen molar-refractivity contribution in [2.45, 2.75) is 31.1 Å². The number of rotatable bonds is 4. The second kappa shape index (κ2) is 5.84. The summed E-state index contributed by atoms with van der Waals surface area (Å²) in [6, 6.07) is 7.40. The predicted octanol–water partition coefficient (Wildman–Crippen LogP) is 1.30. The molecule has 0 saturated carbocycles. The van der Waals surface area contributed by atoms with Gasteiger partial charge in [-0.3, -0.25) is 4.79 Å². The van der Waals surface area contributed by atoms with Gasteiger partial charge in [-0.05, 0) is 24.0 Å². The quantitative estimate of drug-likeness (QED) is 0.904. The number of fused-ring (bicyclic) bond motifs is 1. The largest absolute Gasteiger partial charge is 0.480 e. The highest BCUT2D eigenvalue weighted by molar-refractivity contribution is 7.90. The molecule has 1 aliphatic rings. The third-order valence-electron chi connectivity index (χ3n) is 3.67. The number of carbonyl (C=O) groups is 1. The lowest BCUT2D eigenvalue weighted by atomic mass is 9.94. The van der Waals surface area contributed by atoms with E-state index in [1.807, 2.05) is 0 Å². The Kier molecular flexibility index (Phi) is 4.30. The fourth-order valence-corrected chi connectivity index (χ4v) is 4.33. The molecule has 0 radical (unpaired) electrons. The average Bonchev–Trinajstić information content (AvgIpc) is 2.46. The number of nitrogens with zero attached hydrogens (tertiary/aromatic N) is 2. The van der Waals surface area contributed by atoms with Crippen molar-refractivity contribution in [3.8, 4) is 6.07 Å². The van der Waals surface area contributed by atoms with Crippen molar-refractivity contribution in [1.29, 1.82) is 5.26 Å². The van der Waals surface area contributed by atoms with Gasteiger partial charge in [0.15, 0.2) is 5.25 Å². The normalized spacial score (nSPS) is 20.3. The van der Waals surface area contributed by atoms with Crippen LogP contribution in [0.2, 0.25) is 0 Å². The maximum Gasteiger partial charge on any atom is 0.326 e. The summed E-state index contributed by atoms with van der Waals surface area (Å²) in [6.45, 7) is 1.67.